The van der Waals surface area contributed by atoms with Crippen LogP contribution in [0.4, 0.5) is 0 Å². The van der Waals surface area contributed by atoms with E-state index in [0.29, 0.717) is 0 Å². The van der Waals surface area contributed by atoms with E-state index in [9.17, 15) is 0 Å². The number of fused-ring (bicyclic) bond motifs is 3. The van der Waals surface area contributed by atoms with Gasteiger partial charge < -0.3 is 4.42 Å². The van der Waals surface area contributed by atoms with Crippen LogP contribution in [0.3, 0.4) is 0 Å². The predicted octanol–water partition coefficient (Wildman–Crippen LogP) is 11.6. The second-order valence-electron chi connectivity index (χ2n) is 11.7. The molecule has 1 nitrogen and oxygen atoms in total. The minimum Gasteiger partial charge on any atom is -0.456 e. The summed E-state index contributed by atoms with van der Waals surface area (Å²) in [5.74, 6) is 1.01. The van der Waals surface area contributed by atoms with Gasteiger partial charge in [0.25, 0.3) is 0 Å². The third-order valence-corrected chi connectivity index (χ3v) is 9.21. The number of rotatable bonds is 3. The monoisotopic (exact) mass is 536 g/mol. The van der Waals surface area contributed by atoms with Gasteiger partial charge in [-0.3, -0.25) is 0 Å². The Hall–Kier alpha value is -5.14. The van der Waals surface area contributed by atoms with Gasteiger partial charge in [-0.1, -0.05) is 121 Å². The molecule has 8 aromatic rings. The van der Waals surface area contributed by atoms with Crippen LogP contribution in [0.25, 0.3) is 82.7 Å². The van der Waals surface area contributed by atoms with Crippen molar-refractivity contribution in [1.82, 2.24) is 0 Å². The first-order chi connectivity index (χ1) is 20.7. The standard InChI is InChI=1S/C41H28O/c1-25-10-12-26(13-11-25)31-19-14-27-17-23-37-33(20-15-28-16-22-36(31)40(27)41(28)37)32-7-3-2-6-30(32)29-18-21-35-34-8-4-5-9-38(34)42-39(35)24-29/h2-3,5-7,9-24H,4,8H2,1H3. The topological polar surface area (TPSA) is 13.1 Å². The summed E-state index contributed by atoms with van der Waals surface area (Å²) in [7, 11) is 0. The lowest BCUT2D eigenvalue weighted by Gasteiger charge is -2.18. The molecule has 9 rings (SSSR count). The van der Waals surface area contributed by atoms with Crippen molar-refractivity contribution in [3.63, 3.8) is 0 Å². The maximum Gasteiger partial charge on any atom is 0.135 e. The van der Waals surface area contributed by atoms with Gasteiger partial charge in [0, 0.05) is 10.9 Å². The smallest absolute Gasteiger partial charge is 0.135 e. The number of aryl methyl sites for hydroxylation is 2. The lowest BCUT2D eigenvalue weighted by atomic mass is 9.85. The lowest BCUT2D eigenvalue weighted by molar-refractivity contribution is 0.595. The van der Waals surface area contributed by atoms with Crippen molar-refractivity contribution in [1.29, 1.82) is 0 Å². The summed E-state index contributed by atoms with van der Waals surface area (Å²) in [5, 5.41) is 9.08. The molecule has 0 unspecified atom stereocenters. The van der Waals surface area contributed by atoms with Gasteiger partial charge >= 0.3 is 0 Å². The molecule has 1 aliphatic rings. The van der Waals surface area contributed by atoms with Crippen molar-refractivity contribution in [2.24, 2.45) is 0 Å². The molecule has 1 heteroatoms. The Morgan fingerprint density at radius 1 is 0.548 bits per heavy atom. The Bertz CT molecular complexity index is 2350. The highest BCUT2D eigenvalue weighted by Crippen LogP contribution is 2.44. The molecular weight excluding hydrogens is 508 g/mol. The van der Waals surface area contributed by atoms with Crippen molar-refractivity contribution in [3.8, 4) is 33.4 Å². The molecule has 0 aliphatic heterocycles. The highest BCUT2D eigenvalue weighted by Gasteiger charge is 2.18. The van der Waals surface area contributed by atoms with Crippen molar-refractivity contribution in [2.75, 3.05) is 0 Å². The van der Waals surface area contributed by atoms with E-state index in [1.807, 2.05) is 0 Å². The summed E-state index contributed by atoms with van der Waals surface area (Å²) in [4.78, 5) is 0. The average molecular weight is 537 g/mol. The maximum atomic E-state index is 6.31. The Morgan fingerprint density at radius 3 is 1.98 bits per heavy atom. The first-order valence-electron chi connectivity index (χ1n) is 14.8. The normalized spacial score (nSPS) is 13.1. The fourth-order valence-corrected chi connectivity index (χ4v) is 7.14. The van der Waals surface area contributed by atoms with E-state index in [1.54, 1.807) is 0 Å². The lowest BCUT2D eigenvalue weighted by Crippen LogP contribution is -1.91. The average Bonchev–Trinajstić information content (AvgIpc) is 3.42. The number of hydrogen-bond donors (Lipinski definition) is 0. The van der Waals surface area contributed by atoms with Gasteiger partial charge in [-0.15, -0.1) is 0 Å². The molecule has 0 saturated heterocycles. The molecule has 7 aromatic carbocycles. The third-order valence-electron chi connectivity index (χ3n) is 9.21. The summed E-state index contributed by atoms with van der Waals surface area (Å²) in [6, 6.07) is 42.8. The zero-order chi connectivity index (χ0) is 27.8. The van der Waals surface area contributed by atoms with Gasteiger partial charge in [-0.05, 0) is 97.6 Å². The minimum atomic E-state index is 0.970. The zero-order valence-electron chi connectivity index (χ0n) is 23.4. The van der Waals surface area contributed by atoms with Gasteiger partial charge in [0.15, 0.2) is 0 Å². The van der Waals surface area contributed by atoms with Crippen molar-refractivity contribution >= 4 is 49.4 Å². The van der Waals surface area contributed by atoms with Crippen LogP contribution in [0, 0.1) is 6.92 Å². The molecule has 42 heavy (non-hydrogen) atoms. The van der Waals surface area contributed by atoms with Crippen LogP contribution in [0.5, 0.6) is 0 Å². The predicted molar refractivity (Wildman–Crippen MR) is 178 cm³/mol. The van der Waals surface area contributed by atoms with Gasteiger partial charge in [0.1, 0.15) is 11.3 Å². The van der Waals surface area contributed by atoms with E-state index in [-0.39, 0.29) is 0 Å². The van der Waals surface area contributed by atoms with E-state index in [2.05, 4.69) is 134 Å². The minimum absolute atomic E-state index is 0.970. The van der Waals surface area contributed by atoms with Crippen LogP contribution < -0.4 is 0 Å². The second kappa shape index (κ2) is 8.93. The van der Waals surface area contributed by atoms with E-state index in [4.69, 9.17) is 4.42 Å². The highest BCUT2D eigenvalue weighted by molar-refractivity contribution is 6.27. The van der Waals surface area contributed by atoms with Gasteiger partial charge in [-0.25, -0.2) is 0 Å². The number of allylic oxidation sites excluding steroid dienone is 1. The summed E-state index contributed by atoms with van der Waals surface area (Å²) in [6.07, 6.45) is 6.45. The number of furan rings is 1. The molecule has 1 aromatic heterocycles. The van der Waals surface area contributed by atoms with Crippen LogP contribution in [-0.2, 0) is 6.42 Å². The summed E-state index contributed by atoms with van der Waals surface area (Å²) >= 11 is 0. The first kappa shape index (κ1) is 23.6. The van der Waals surface area contributed by atoms with Crippen LogP contribution in [0.2, 0.25) is 0 Å². The van der Waals surface area contributed by atoms with Crippen molar-refractivity contribution in [3.05, 3.63) is 138 Å². The maximum absolute atomic E-state index is 6.31. The van der Waals surface area contributed by atoms with E-state index < -0.39 is 0 Å². The van der Waals surface area contributed by atoms with Crippen LogP contribution in [-0.4, -0.2) is 0 Å². The molecule has 1 heterocycles. The fraction of sp³-hybridized carbons (Fsp3) is 0.0732. The molecule has 0 spiro atoms. The molecule has 0 N–H and O–H groups in total. The molecule has 0 radical (unpaired) electrons. The zero-order valence-corrected chi connectivity index (χ0v) is 23.4. The molecule has 0 bridgehead atoms. The van der Waals surface area contributed by atoms with Crippen LogP contribution in [0.15, 0.2) is 126 Å². The first-order valence-corrected chi connectivity index (χ1v) is 14.8. The quantitative estimate of drug-likeness (QED) is 0.205. The van der Waals surface area contributed by atoms with Crippen LogP contribution in [0.1, 0.15) is 23.3 Å². The molecule has 1 aliphatic carbocycles. The molecule has 0 saturated carbocycles. The largest absolute Gasteiger partial charge is 0.456 e. The van der Waals surface area contributed by atoms with Crippen LogP contribution >= 0.6 is 0 Å². The van der Waals surface area contributed by atoms with E-state index in [0.717, 1.165) is 24.2 Å². The molecular formula is C41H28O. The van der Waals surface area contributed by atoms with Gasteiger partial charge in [0.2, 0.25) is 0 Å². The molecule has 0 fully saturated rings. The fourth-order valence-electron chi connectivity index (χ4n) is 7.14. The van der Waals surface area contributed by atoms with Gasteiger partial charge in [0.05, 0.1) is 0 Å². The van der Waals surface area contributed by atoms with E-state index in [1.165, 1.54) is 82.2 Å². The van der Waals surface area contributed by atoms with Gasteiger partial charge in [-0.2, -0.15) is 0 Å². The summed E-state index contributed by atoms with van der Waals surface area (Å²) in [5.41, 5.74) is 11.0. The Balaban J connectivity index is 1.27. The van der Waals surface area contributed by atoms with Crippen molar-refractivity contribution < 1.29 is 4.42 Å². The Kier molecular flexibility index (Phi) is 5.01. The highest BCUT2D eigenvalue weighted by atomic mass is 16.3. The molecule has 0 amide bonds. The Labute approximate surface area is 244 Å². The summed E-state index contributed by atoms with van der Waals surface area (Å²) < 4.78 is 6.31. The van der Waals surface area contributed by atoms with E-state index >= 15 is 0 Å². The summed E-state index contributed by atoms with van der Waals surface area (Å²) in [6.45, 7) is 2.14. The Morgan fingerprint density at radius 2 is 1.19 bits per heavy atom. The number of benzene rings is 7. The number of hydrogen-bond acceptors (Lipinski definition) is 1. The third kappa shape index (κ3) is 3.44. The SMILES string of the molecule is Cc1ccc(-c2ccc3ccc4c(-c5ccccc5-c5ccc6c7c(oc6c5)C=CCC7)ccc5ccc2c3c54)cc1. The molecule has 198 valence electrons. The van der Waals surface area contributed by atoms with Crippen molar-refractivity contribution in [2.45, 2.75) is 19.8 Å². The molecule has 0 atom stereocenters. The second-order valence-corrected chi connectivity index (χ2v) is 11.7.